The first-order chi connectivity index (χ1) is 14.3. The van der Waals surface area contributed by atoms with Gasteiger partial charge in [0.15, 0.2) is 5.78 Å². The maximum absolute atomic E-state index is 12.4. The van der Waals surface area contributed by atoms with Crippen molar-refractivity contribution in [1.82, 2.24) is 10.0 Å². The second-order valence-electron chi connectivity index (χ2n) is 7.09. The molecular formula is C23H24N2O4S. The molecule has 0 heterocycles. The molecule has 0 aliphatic heterocycles. The molecule has 30 heavy (non-hydrogen) atoms. The number of carbonyl (C=O) groups excluding carboxylic acids is 2. The standard InChI is InChI=1S/C23H24N2O4S/c1-16(21-9-5-7-19-6-3-4-8-22(19)21)25-23(27)14-15-24-30(28,29)20-12-10-18(11-13-20)17(2)26/h3-13,16,24H,14-15H2,1-2H3,(H,25,27). The van der Waals surface area contributed by atoms with Gasteiger partial charge >= 0.3 is 0 Å². The summed E-state index contributed by atoms with van der Waals surface area (Å²) in [5.41, 5.74) is 1.45. The Bertz CT molecular complexity index is 1170. The minimum Gasteiger partial charge on any atom is -0.350 e. The average molecular weight is 425 g/mol. The SMILES string of the molecule is CC(=O)c1ccc(S(=O)(=O)NCCC(=O)NC(C)c2cccc3ccccc23)cc1. The number of ketones is 1. The Morgan fingerprint density at radius 3 is 2.30 bits per heavy atom. The molecule has 0 aliphatic carbocycles. The number of Topliss-reactive ketones (excluding diaryl/α,β-unsaturated/α-hetero) is 1. The maximum atomic E-state index is 12.4. The lowest BCUT2D eigenvalue weighted by Crippen LogP contribution is -2.32. The van der Waals surface area contributed by atoms with Crippen LogP contribution in [0.4, 0.5) is 0 Å². The molecule has 1 atom stereocenters. The Hall–Kier alpha value is -3.03. The van der Waals surface area contributed by atoms with Crippen LogP contribution in [0.15, 0.2) is 71.6 Å². The van der Waals surface area contributed by atoms with Gasteiger partial charge in [-0.2, -0.15) is 0 Å². The second kappa shape index (κ2) is 9.19. The van der Waals surface area contributed by atoms with Gasteiger partial charge in [0.05, 0.1) is 10.9 Å². The first kappa shape index (κ1) is 21.7. The van der Waals surface area contributed by atoms with Crippen LogP contribution in [0.25, 0.3) is 10.8 Å². The summed E-state index contributed by atoms with van der Waals surface area (Å²) >= 11 is 0. The van der Waals surface area contributed by atoms with Crippen LogP contribution < -0.4 is 10.0 Å². The van der Waals surface area contributed by atoms with E-state index in [1.807, 2.05) is 49.4 Å². The van der Waals surface area contributed by atoms with Crippen LogP contribution in [0.1, 0.15) is 42.2 Å². The highest BCUT2D eigenvalue weighted by Gasteiger charge is 2.16. The smallest absolute Gasteiger partial charge is 0.240 e. The largest absolute Gasteiger partial charge is 0.350 e. The van der Waals surface area contributed by atoms with Crippen molar-refractivity contribution in [1.29, 1.82) is 0 Å². The molecule has 3 aromatic carbocycles. The average Bonchev–Trinajstić information content (AvgIpc) is 2.73. The van der Waals surface area contributed by atoms with Crippen molar-refractivity contribution in [2.75, 3.05) is 6.54 Å². The van der Waals surface area contributed by atoms with Crippen LogP contribution >= 0.6 is 0 Å². The first-order valence-electron chi connectivity index (χ1n) is 9.65. The highest BCUT2D eigenvalue weighted by atomic mass is 32.2. The Morgan fingerprint density at radius 2 is 1.60 bits per heavy atom. The number of hydrogen-bond donors (Lipinski definition) is 2. The van der Waals surface area contributed by atoms with Crippen molar-refractivity contribution in [3.8, 4) is 0 Å². The van der Waals surface area contributed by atoms with Crippen molar-refractivity contribution in [3.63, 3.8) is 0 Å². The van der Waals surface area contributed by atoms with E-state index >= 15 is 0 Å². The van der Waals surface area contributed by atoms with Gasteiger partial charge in [0, 0.05) is 18.5 Å². The van der Waals surface area contributed by atoms with E-state index in [2.05, 4.69) is 10.0 Å². The van der Waals surface area contributed by atoms with Crippen molar-refractivity contribution in [2.45, 2.75) is 31.2 Å². The fraction of sp³-hybridized carbons (Fsp3) is 0.217. The number of sulfonamides is 1. The molecule has 0 aromatic heterocycles. The van der Waals surface area contributed by atoms with E-state index in [1.54, 1.807) is 0 Å². The van der Waals surface area contributed by atoms with Gasteiger partial charge in [0.25, 0.3) is 0 Å². The third-order valence-electron chi connectivity index (χ3n) is 4.88. The summed E-state index contributed by atoms with van der Waals surface area (Å²) in [5.74, 6) is -0.381. The zero-order chi connectivity index (χ0) is 21.7. The fourth-order valence-electron chi connectivity index (χ4n) is 3.27. The molecular weight excluding hydrogens is 400 g/mol. The fourth-order valence-corrected chi connectivity index (χ4v) is 4.30. The summed E-state index contributed by atoms with van der Waals surface area (Å²) in [7, 11) is -3.75. The minimum atomic E-state index is -3.75. The van der Waals surface area contributed by atoms with Crippen molar-refractivity contribution in [3.05, 3.63) is 77.9 Å². The molecule has 2 N–H and O–H groups in total. The molecule has 1 unspecified atom stereocenters. The molecule has 0 fully saturated rings. The Kier molecular flexibility index (Phi) is 6.64. The lowest BCUT2D eigenvalue weighted by molar-refractivity contribution is -0.121. The molecule has 1 amide bonds. The van der Waals surface area contributed by atoms with Crippen molar-refractivity contribution in [2.24, 2.45) is 0 Å². The van der Waals surface area contributed by atoms with Gasteiger partial charge < -0.3 is 5.32 Å². The molecule has 0 aliphatic rings. The molecule has 0 saturated carbocycles. The number of nitrogens with one attached hydrogen (secondary N) is 2. The van der Waals surface area contributed by atoms with Gasteiger partial charge in [0.1, 0.15) is 0 Å². The third-order valence-corrected chi connectivity index (χ3v) is 6.36. The molecule has 156 valence electrons. The molecule has 0 radical (unpaired) electrons. The van der Waals surface area contributed by atoms with E-state index in [4.69, 9.17) is 0 Å². The maximum Gasteiger partial charge on any atom is 0.240 e. The lowest BCUT2D eigenvalue weighted by atomic mass is 9.99. The van der Waals surface area contributed by atoms with Gasteiger partial charge in [-0.05, 0) is 42.3 Å². The minimum absolute atomic E-state index is 0.0138. The van der Waals surface area contributed by atoms with Crippen LogP contribution in [0, 0.1) is 0 Å². The van der Waals surface area contributed by atoms with Gasteiger partial charge in [-0.3, -0.25) is 9.59 Å². The molecule has 7 heteroatoms. The van der Waals surface area contributed by atoms with Gasteiger partial charge in [-0.25, -0.2) is 13.1 Å². The summed E-state index contributed by atoms with van der Waals surface area (Å²) in [6, 6.07) is 19.4. The van der Waals surface area contributed by atoms with E-state index in [0.717, 1.165) is 16.3 Å². The van der Waals surface area contributed by atoms with Crippen molar-refractivity contribution < 1.29 is 18.0 Å². The Morgan fingerprint density at radius 1 is 0.933 bits per heavy atom. The third kappa shape index (κ3) is 5.11. The summed E-state index contributed by atoms with van der Waals surface area (Å²) in [6.45, 7) is 3.30. The number of carbonyl (C=O) groups is 2. The van der Waals surface area contributed by atoms with E-state index in [9.17, 15) is 18.0 Å². The van der Waals surface area contributed by atoms with Crippen LogP contribution in [-0.4, -0.2) is 26.7 Å². The lowest BCUT2D eigenvalue weighted by Gasteiger charge is -2.17. The van der Waals surface area contributed by atoms with Crippen LogP contribution in [0.3, 0.4) is 0 Å². The summed E-state index contributed by atoms with van der Waals surface area (Å²) < 4.78 is 27.1. The number of hydrogen-bond acceptors (Lipinski definition) is 4. The molecule has 3 rings (SSSR count). The normalized spacial score (nSPS) is 12.5. The number of fused-ring (bicyclic) bond motifs is 1. The second-order valence-corrected chi connectivity index (χ2v) is 8.85. The number of rotatable bonds is 8. The molecule has 3 aromatic rings. The number of amides is 1. The molecule has 0 spiro atoms. The number of benzene rings is 3. The summed E-state index contributed by atoms with van der Waals surface area (Å²) in [5, 5.41) is 5.09. The zero-order valence-electron chi connectivity index (χ0n) is 16.9. The predicted molar refractivity (Wildman–Crippen MR) is 117 cm³/mol. The summed E-state index contributed by atoms with van der Waals surface area (Å²) in [4.78, 5) is 23.7. The van der Waals surface area contributed by atoms with Crippen LogP contribution in [0.5, 0.6) is 0 Å². The molecule has 0 bridgehead atoms. The highest BCUT2D eigenvalue weighted by Crippen LogP contribution is 2.24. The van der Waals surface area contributed by atoms with Crippen LogP contribution in [0.2, 0.25) is 0 Å². The van der Waals surface area contributed by atoms with E-state index in [-0.39, 0.29) is 35.6 Å². The van der Waals surface area contributed by atoms with Gasteiger partial charge in [-0.1, -0.05) is 54.6 Å². The van der Waals surface area contributed by atoms with E-state index in [0.29, 0.717) is 5.56 Å². The zero-order valence-corrected chi connectivity index (χ0v) is 17.7. The van der Waals surface area contributed by atoms with E-state index < -0.39 is 10.0 Å². The van der Waals surface area contributed by atoms with E-state index in [1.165, 1.54) is 31.2 Å². The van der Waals surface area contributed by atoms with Gasteiger partial charge in [0.2, 0.25) is 15.9 Å². The predicted octanol–water partition coefficient (Wildman–Crippen LogP) is 3.59. The molecule has 6 nitrogen and oxygen atoms in total. The Labute approximate surface area is 176 Å². The van der Waals surface area contributed by atoms with Gasteiger partial charge in [-0.15, -0.1) is 0 Å². The van der Waals surface area contributed by atoms with Crippen molar-refractivity contribution >= 4 is 32.5 Å². The monoisotopic (exact) mass is 424 g/mol. The quantitative estimate of drug-likeness (QED) is 0.541. The summed E-state index contributed by atoms with van der Waals surface area (Å²) in [6.07, 6.45) is 0.0138. The Balaban J connectivity index is 1.57. The molecule has 0 saturated heterocycles. The topological polar surface area (TPSA) is 92.3 Å². The van der Waals surface area contributed by atoms with Crippen LogP contribution in [-0.2, 0) is 14.8 Å². The first-order valence-corrected chi connectivity index (χ1v) is 11.1. The highest BCUT2D eigenvalue weighted by molar-refractivity contribution is 7.89.